The fourth-order valence-corrected chi connectivity index (χ4v) is 10.0. The molecule has 0 saturated carbocycles. The van der Waals surface area contributed by atoms with E-state index in [9.17, 15) is 40.5 Å². The van der Waals surface area contributed by atoms with Crippen LogP contribution < -0.4 is 5.32 Å². The molecule has 11 heteroatoms. The Morgan fingerprint density at radius 1 is 0.449 bits per heavy atom. The van der Waals surface area contributed by atoms with Gasteiger partial charge in [-0.3, -0.25) is 4.79 Å². The number of carbonyl (C=O) groups excluding carboxylic acids is 1. The summed E-state index contributed by atoms with van der Waals surface area (Å²) in [6.45, 7) is 3.50. The Hall–Kier alpha value is -0.890. The van der Waals surface area contributed by atoms with Gasteiger partial charge in [0.15, 0.2) is 6.29 Å². The smallest absolute Gasteiger partial charge is 0.249 e. The highest BCUT2D eigenvalue weighted by Gasteiger charge is 2.44. The molecule has 1 aliphatic rings. The highest BCUT2D eigenvalue weighted by atomic mass is 16.7. The van der Waals surface area contributed by atoms with E-state index in [1.807, 2.05) is 0 Å². The van der Waals surface area contributed by atoms with Crippen molar-refractivity contribution >= 4 is 5.91 Å². The lowest BCUT2D eigenvalue weighted by Gasteiger charge is -2.40. The molecule has 0 radical (unpaired) electrons. The number of nitrogens with one attached hydrogen (secondary N) is 1. The number of hydrogen-bond donors (Lipinski definition) is 8. The number of rotatable bonds is 52. The summed E-state index contributed by atoms with van der Waals surface area (Å²) in [6, 6.07) is -1.16. The van der Waals surface area contributed by atoms with Gasteiger partial charge in [-0.15, -0.1) is 0 Å². The lowest BCUT2D eigenvalue weighted by atomic mass is 9.98. The van der Waals surface area contributed by atoms with Crippen LogP contribution >= 0.6 is 0 Å². The van der Waals surface area contributed by atoms with Crippen LogP contribution in [0.25, 0.3) is 0 Å². The van der Waals surface area contributed by atoms with E-state index < -0.39 is 74.2 Å². The van der Waals surface area contributed by atoms with Crippen LogP contribution in [0.1, 0.15) is 296 Å². The van der Waals surface area contributed by atoms with Crippen LogP contribution in [0.4, 0.5) is 0 Å². The Kier molecular flexibility index (Phi) is 46.1. The average molecular weight is 987 g/mol. The van der Waals surface area contributed by atoms with Crippen molar-refractivity contribution in [2.45, 2.75) is 351 Å². The fourth-order valence-electron chi connectivity index (χ4n) is 10.0. The topological polar surface area (TPSA) is 189 Å². The molecule has 1 heterocycles. The highest BCUT2D eigenvalue weighted by molar-refractivity contribution is 5.80. The second-order valence-electron chi connectivity index (χ2n) is 21.4. The molecule has 1 fully saturated rings. The normalized spacial score (nSPS) is 20.3. The maximum absolute atomic E-state index is 13.2. The number of aliphatic hydroxyl groups is 7. The fraction of sp³-hybridized carbons (Fsp3) is 0.983. The summed E-state index contributed by atoms with van der Waals surface area (Å²) >= 11 is 0. The van der Waals surface area contributed by atoms with E-state index in [0.717, 1.165) is 38.5 Å². The molecule has 0 aromatic rings. The molecular weight excluding hydrogens is 871 g/mol. The van der Waals surface area contributed by atoms with Gasteiger partial charge in [-0.05, 0) is 12.8 Å². The molecule has 1 rings (SSSR count). The summed E-state index contributed by atoms with van der Waals surface area (Å²) in [5, 5.41) is 76.2. The molecule has 0 bridgehead atoms. The summed E-state index contributed by atoms with van der Waals surface area (Å²) in [7, 11) is 0. The van der Waals surface area contributed by atoms with Crippen molar-refractivity contribution in [1.29, 1.82) is 0 Å². The predicted octanol–water partition coefficient (Wildman–Crippen LogP) is 12.6. The van der Waals surface area contributed by atoms with Crippen LogP contribution in [0.2, 0.25) is 0 Å². The second kappa shape index (κ2) is 48.1. The summed E-state index contributed by atoms with van der Waals surface area (Å²) in [5.41, 5.74) is 0. The maximum atomic E-state index is 13.2. The van der Waals surface area contributed by atoms with Crippen molar-refractivity contribution in [2.75, 3.05) is 13.2 Å². The van der Waals surface area contributed by atoms with Crippen LogP contribution in [0.5, 0.6) is 0 Å². The van der Waals surface area contributed by atoms with Crippen molar-refractivity contribution < 1.29 is 50.0 Å². The third kappa shape index (κ3) is 36.6. The van der Waals surface area contributed by atoms with E-state index in [1.165, 1.54) is 218 Å². The maximum Gasteiger partial charge on any atom is 0.249 e. The van der Waals surface area contributed by atoms with Crippen LogP contribution in [0.15, 0.2) is 0 Å². The highest BCUT2D eigenvalue weighted by Crippen LogP contribution is 2.24. The first kappa shape index (κ1) is 66.1. The monoisotopic (exact) mass is 986 g/mol. The average Bonchev–Trinajstić information content (AvgIpc) is 3.35. The summed E-state index contributed by atoms with van der Waals surface area (Å²) < 4.78 is 11.2. The molecule has 9 unspecified atom stereocenters. The van der Waals surface area contributed by atoms with Gasteiger partial charge in [-0.2, -0.15) is 0 Å². The van der Waals surface area contributed by atoms with E-state index in [0.29, 0.717) is 19.3 Å². The Bertz CT molecular complexity index is 1090. The van der Waals surface area contributed by atoms with Crippen molar-refractivity contribution in [2.24, 2.45) is 0 Å². The van der Waals surface area contributed by atoms with Gasteiger partial charge in [-0.25, -0.2) is 0 Å². The van der Waals surface area contributed by atoms with Gasteiger partial charge in [0.2, 0.25) is 5.91 Å². The molecule has 0 aliphatic carbocycles. The summed E-state index contributed by atoms with van der Waals surface area (Å²) in [5.74, 6) is -0.690. The minimum absolute atomic E-state index is 0.267. The van der Waals surface area contributed by atoms with Crippen LogP contribution in [-0.2, 0) is 14.3 Å². The SMILES string of the molecule is CCCCCCCCCCCCCCCCCCCCCCCCCCCCC(O)C(O)C(COC1OC(CO)C(O)C(O)C1O)NC(=O)C(O)CCCCCCCCCCCCCCCCCC. The third-order valence-electron chi connectivity index (χ3n) is 14.9. The quantitative estimate of drug-likeness (QED) is 0.0272. The number of unbranched alkanes of at least 4 members (excludes halogenated alkanes) is 40. The molecule has 1 saturated heterocycles. The molecule has 69 heavy (non-hydrogen) atoms. The van der Waals surface area contributed by atoms with Gasteiger partial charge in [0.1, 0.15) is 36.6 Å². The Morgan fingerprint density at radius 3 is 1.07 bits per heavy atom. The van der Waals surface area contributed by atoms with E-state index in [-0.39, 0.29) is 6.42 Å². The number of amides is 1. The lowest BCUT2D eigenvalue weighted by molar-refractivity contribution is -0.303. The molecule has 11 nitrogen and oxygen atoms in total. The third-order valence-corrected chi connectivity index (χ3v) is 14.9. The van der Waals surface area contributed by atoms with Crippen molar-refractivity contribution in [3.8, 4) is 0 Å². The van der Waals surface area contributed by atoms with Crippen LogP contribution in [0, 0.1) is 0 Å². The Morgan fingerprint density at radius 2 is 0.754 bits per heavy atom. The first-order valence-electron chi connectivity index (χ1n) is 29.9. The number of carbonyl (C=O) groups is 1. The first-order valence-corrected chi connectivity index (χ1v) is 29.9. The molecule has 1 aliphatic heterocycles. The van der Waals surface area contributed by atoms with E-state index >= 15 is 0 Å². The number of aliphatic hydroxyl groups excluding tert-OH is 7. The zero-order valence-corrected chi connectivity index (χ0v) is 45.1. The molecule has 412 valence electrons. The van der Waals surface area contributed by atoms with Crippen molar-refractivity contribution in [3.63, 3.8) is 0 Å². The van der Waals surface area contributed by atoms with Gasteiger partial charge >= 0.3 is 0 Å². The van der Waals surface area contributed by atoms with Crippen molar-refractivity contribution in [1.82, 2.24) is 5.32 Å². The van der Waals surface area contributed by atoms with Crippen LogP contribution in [-0.4, -0.2) is 110 Å². The van der Waals surface area contributed by atoms with Gasteiger partial charge in [0, 0.05) is 0 Å². The van der Waals surface area contributed by atoms with E-state index in [1.54, 1.807) is 0 Å². The Balaban J connectivity index is 2.26. The molecule has 8 N–H and O–H groups in total. The number of ether oxygens (including phenoxy) is 2. The largest absolute Gasteiger partial charge is 0.394 e. The molecule has 1 amide bonds. The van der Waals surface area contributed by atoms with Gasteiger partial charge in [0.25, 0.3) is 0 Å². The zero-order valence-electron chi connectivity index (χ0n) is 45.1. The zero-order chi connectivity index (χ0) is 50.4. The lowest BCUT2D eigenvalue weighted by Crippen LogP contribution is -2.60. The van der Waals surface area contributed by atoms with E-state index in [4.69, 9.17) is 9.47 Å². The molecule has 9 atom stereocenters. The minimum Gasteiger partial charge on any atom is -0.394 e. The molecule has 0 spiro atoms. The minimum atomic E-state index is -1.66. The number of hydrogen-bond acceptors (Lipinski definition) is 10. The first-order chi connectivity index (χ1) is 33.7. The molecule has 0 aromatic heterocycles. The van der Waals surface area contributed by atoms with Gasteiger partial charge in [0.05, 0.1) is 25.4 Å². The second-order valence-corrected chi connectivity index (χ2v) is 21.4. The van der Waals surface area contributed by atoms with Gasteiger partial charge < -0.3 is 50.5 Å². The predicted molar refractivity (Wildman–Crippen MR) is 284 cm³/mol. The Labute approximate surface area is 424 Å². The van der Waals surface area contributed by atoms with Gasteiger partial charge in [-0.1, -0.05) is 284 Å². The van der Waals surface area contributed by atoms with Crippen molar-refractivity contribution in [3.05, 3.63) is 0 Å². The molecular formula is C58H115NO10. The summed E-state index contributed by atoms with van der Waals surface area (Å²) in [6.07, 6.45) is 43.0. The standard InChI is InChI=1S/C58H115NO10/c1-3-5-7-9-11-13-15-17-19-21-22-23-24-25-26-27-28-29-30-32-33-35-37-39-41-43-45-50(61)53(63)49(48-68-58-56(66)55(65)54(64)52(47-60)69-58)59-57(67)51(62)46-44-42-40-38-36-34-31-20-18-16-14-12-10-8-6-4-2/h49-56,58,60-66H,3-48H2,1-2H3,(H,59,67). The summed E-state index contributed by atoms with van der Waals surface area (Å²) in [4.78, 5) is 13.2. The van der Waals surface area contributed by atoms with Crippen LogP contribution in [0.3, 0.4) is 0 Å². The van der Waals surface area contributed by atoms with E-state index in [2.05, 4.69) is 19.2 Å². The molecule has 0 aromatic carbocycles.